The number of rotatable bonds is 4. The fourth-order valence-corrected chi connectivity index (χ4v) is 2.43. The molecule has 2 aromatic carbocycles. The molecule has 0 bridgehead atoms. The fraction of sp³-hybridized carbons (Fsp3) is 0.263. The molecule has 0 atom stereocenters. The summed E-state index contributed by atoms with van der Waals surface area (Å²) in [5, 5.41) is 10.8. The van der Waals surface area contributed by atoms with E-state index in [9.17, 15) is 4.79 Å². The smallest absolute Gasteiger partial charge is 0.228 e. The van der Waals surface area contributed by atoms with E-state index in [1.165, 1.54) is 0 Å². The van der Waals surface area contributed by atoms with Crippen LogP contribution < -0.4 is 10.1 Å². The summed E-state index contributed by atoms with van der Waals surface area (Å²) in [6.07, 6.45) is 2.07. The molecule has 0 aliphatic carbocycles. The molecule has 5 nitrogen and oxygen atoms in total. The lowest BCUT2D eigenvalue weighted by molar-refractivity contribution is -0.115. The minimum absolute atomic E-state index is 0.0571. The van der Waals surface area contributed by atoms with Gasteiger partial charge in [-0.3, -0.25) is 9.89 Å². The molecule has 5 heteroatoms. The summed E-state index contributed by atoms with van der Waals surface area (Å²) in [6.45, 7) is 6.01. The van der Waals surface area contributed by atoms with Crippen molar-refractivity contribution in [2.24, 2.45) is 0 Å². The third-order valence-corrected chi connectivity index (χ3v) is 3.44. The lowest BCUT2D eigenvalue weighted by Crippen LogP contribution is -2.22. The largest absolute Gasteiger partial charge is 0.488 e. The Bertz CT molecular complexity index is 845. The zero-order chi connectivity index (χ0) is 17.2. The predicted molar refractivity (Wildman–Crippen MR) is 95.3 cm³/mol. The van der Waals surface area contributed by atoms with Crippen LogP contribution in [0.15, 0.2) is 48.7 Å². The summed E-state index contributed by atoms with van der Waals surface area (Å²) in [6, 6.07) is 13.3. The Morgan fingerprint density at radius 3 is 2.62 bits per heavy atom. The molecule has 0 fully saturated rings. The van der Waals surface area contributed by atoms with Crippen LogP contribution in [0, 0.1) is 0 Å². The first-order valence-corrected chi connectivity index (χ1v) is 7.90. The molecule has 3 rings (SSSR count). The summed E-state index contributed by atoms with van der Waals surface area (Å²) >= 11 is 0. The van der Waals surface area contributed by atoms with Gasteiger partial charge in [-0.2, -0.15) is 5.10 Å². The Balaban J connectivity index is 1.61. The minimum atomic E-state index is -0.232. The Morgan fingerprint density at radius 2 is 1.92 bits per heavy atom. The number of carbonyl (C=O) groups is 1. The molecule has 124 valence electrons. The van der Waals surface area contributed by atoms with Gasteiger partial charge in [-0.15, -0.1) is 0 Å². The van der Waals surface area contributed by atoms with E-state index in [-0.39, 0.29) is 11.5 Å². The molecular formula is C19H21N3O2. The molecule has 0 spiro atoms. The van der Waals surface area contributed by atoms with Crippen LogP contribution in [0.2, 0.25) is 0 Å². The van der Waals surface area contributed by atoms with Gasteiger partial charge in [0.1, 0.15) is 11.4 Å². The molecule has 1 aromatic heterocycles. The van der Waals surface area contributed by atoms with Crippen molar-refractivity contribution in [3.63, 3.8) is 0 Å². The highest BCUT2D eigenvalue weighted by molar-refractivity contribution is 5.94. The van der Waals surface area contributed by atoms with Gasteiger partial charge in [0, 0.05) is 11.1 Å². The molecule has 3 aromatic rings. The van der Waals surface area contributed by atoms with Gasteiger partial charge in [-0.1, -0.05) is 12.1 Å². The SMILES string of the molecule is CC(C)(C)Oc1ccc(CC(=O)Nc2ccc3cn[nH]c3c2)cc1. The third-order valence-electron chi connectivity index (χ3n) is 3.44. The quantitative estimate of drug-likeness (QED) is 0.764. The van der Waals surface area contributed by atoms with E-state index < -0.39 is 0 Å². The maximum absolute atomic E-state index is 12.2. The second-order valence-corrected chi connectivity index (χ2v) is 6.76. The highest BCUT2D eigenvalue weighted by atomic mass is 16.5. The van der Waals surface area contributed by atoms with Crippen molar-refractivity contribution < 1.29 is 9.53 Å². The van der Waals surface area contributed by atoms with E-state index in [0.717, 1.165) is 27.9 Å². The summed E-state index contributed by atoms with van der Waals surface area (Å²) in [5.41, 5.74) is 2.36. The Kier molecular flexibility index (Phi) is 4.25. The number of benzene rings is 2. The summed E-state index contributed by atoms with van der Waals surface area (Å²) in [7, 11) is 0. The topological polar surface area (TPSA) is 67.0 Å². The molecule has 0 unspecified atom stereocenters. The highest BCUT2D eigenvalue weighted by Gasteiger charge is 2.12. The van der Waals surface area contributed by atoms with Crippen molar-refractivity contribution >= 4 is 22.5 Å². The molecule has 24 heavy (non-hydrogen) atoms. The number of amides is 1. The minimum Gasteiger partial charge on any atom is -0.488 e. The lowest BCUT2D eigenvalue weighted by Gasteiger charge is -2.21. The zero-order valence-electron chi connectivity index (χ0n) is 14.1. The summed E-state index contributed by atoms with van der Waals surface area (Å²) in [5.74, 6) is 0.745. The van der Waals surface area contributed by atoms with Gasteiger partial charge in [-0.25, -0.2) is 0 Å². The van der Waals surface area contributed by atoms with Crippen LogP contribution in [0.3, 0.4) is 0 Å². The van der Waals surface area contributed by atoms with E-state index in [2.05, 4.69) is 15.5 Å². The van der Waals surface area contributed by atoms with Gasteiger partial charge in [-0.05, 0) is 56.7 Å². The number of nitrogens with one attached hydrogen (secondary N) is 2. The van der Waals surface area contributed by atoms with E-state index in [0.29, 0.717) is 6.42 Å². The van der Waals surface area contributed by atoms with Gasteiger partial charge in [0.25, 0.3) is 0 Å². The second kappa shape index (κ2) is 6.35. The first-order chi connectivity index (χ1) is 11.4. The highest BCUT2D eigenvalue weighted by Crippen LogP contribution is 2.20. The predicted octanol–water partition coefficient (Wildman–Crippen LogP) is 3.92. The summed E-state index contributed by atoms with van der Waals surface area (Å²) in [4.78, 5) is 12.2. The van der Waals surface area contributed by atoms with Crippen LogP contribution in [0.5, 0.6) is 5.75 Å². The van der Waals surface area contributed by atoms with Crippen LogP contribution in [0.4, 0.5) is 5.69 Å². The number of aromatic nitrogens is 2. The van der Waals surface area contributed by atoms with Gasteiger partial charge < -0.3 is 10.1 Å². The number of ether oxygens (including phenoxy) is 1. The van der Waals surface area contributed by atoms with Gasteiger partial charge in [0.2, 0.25) is 5.91 Å². The summed E-state index contributed by atoms with van der Waals surface area (Å²) < 4.78 is 5.78. The molecule has 0 saturated carbocycles. The lowest BCUT2D eigenvalue weighted by atomic mass is 10.1. The number of hydrogen-bond donors (Lipinski definition) is 2. The van der Waals surface area contributed by atoms with Crippen LogP contribution in [0.1, 0.15) is 26.3 Å². The van der Waals surface area contributed by atoms with E-state index in [4.69, 9.17) is 4.74 Å². The maximum atomic E-state index is 12.2. The first kappa shape index (κ1) is 16.1. The number of hydrogen-bond acceptors (Lipinski definition) is 3. The van der Waals surface area contributed by atoms with E-state index in [1.807, 2.05) is 63.2 Å². The number of carbonyl (C=O) groups excluding carboxylic acids is 1. The monoisotopic (exact) mass is 323 g/mol. The standard InChI is InChI=1S/C19H21N3O2/c1-19(2,3)24-16-8-4-13(5-9-16)10-18(23)21-15-7-6-14-12-20-22-17(14)11-15/h4-9,11-12H,10H2,1-3H3,(H,20,22)(H,21,23). The second-order valence-electron chi connectivity index (χ2n) is 6.76. The molecular weight excluding hydrogens is 302 g/mol. The van der Waals surface area contributed by atoms with Gasteiger partial charge in [0.15, 0.2) is 0 Å². The Hall–Kier alpha value is -2.82. The van der Waals surface area contributed by atoms with Gasteiger partial charge in [0.05, 0.1) is 18.1 Å². The number of aromatic amines is 1. The zero-order valence-corrected chi connectivity index (χ0v) is 14.1. The fourth-order valence-electron chi connectivity index (χ4n) is 2.43. The van der Waals surface area contributed by atoms with Gasteiger partial charge >= 0.3 is 0 Å². The molecule has 1 amide bonds. The van der Waals surface area contributed by atoms with E-state index >= 15 is 0 Å². The van der Waals surface area contributed by atoms with Crippen LogP contribution in [-0.4, -0.2) is 21.7 Å². The van der Waals surface area contributed by atoms with E-state index in [1.54, 1.807) is 6.20 Å². The maximum Gasteiger partial charge on any atom is 0.228 e. The van der Waals surface area contributed by atoms with Crippen molar-refractivity contribution in [3.05, 3.63) is 54.2 Å². The number of anilines is 1. The Morgan fingerprint density at radius 1 is 1.17 bits per heavy atom. The molecule has 1 heterocycles. The van der Waals surface area contributed by atoms with Crippen LogP contribution in [0.25, 0.3) is 10.9 Å². The Labute approximate surface area is 141 Å². The normalized spacial score (nSPS) is 11.5. The number of fused-ring (bicyclic) bond motifs is 1. The molecule has 0 radical (unpaired) electrons. The molecule has 0 aliphatic rings. The van der Waals surface area contributed by atoms with Crippen molar-refractivity contribution in [2.45, 2.75) is 32.8 Å². The van der Waals surface area contributed by atoms with Crippen LogP contribution >= 0.6 is 0 Å². The number of nitrogens with zero attached hydrogens (tertiary/aromatic N) is 1. The van der Waals surface area contributed by atoms with Crippen molar-refractivity contribution in [2.75, 3.05) is 5.32 Å². The molecule has 0 saturated heterocycles. The van der Waals surface area contributed by atoms with Crippen molar-refractivity contribution in [1.82, 2.24) is 10.2 Å². The third kappa shape index (κ3) is 4.13. The average Bonchev–Trinajstić information content (AvgIpc) is 2.95. The molecule has 2 N–H and O–H groups in total. The number of H-pyrrole nitrogens is 1. The first-order valence-electron chi connectivity index (χ1n) is 7.90. The van der Waals surface area contributed by atoms with Crippen molar-refractivity contribution in [3.8, 4) is 5.75 Å². The average molecular weight is 323 g/mol. The molecule has 0 aliphatic heterocycles. The van der Waals surface area contributed by atoms with Crippen LogP contribution in [-0.2, 0) is 11.2 Å². The van der Waals surface area contributed by atoms with Crippen molar-refractivity contribution in [1.29, 1.82) is 0 Å².